The van der Waals surface area contributed by atoms with Crippen molar-refractivity contribution in [2.24, 2.45) is 30.0 Å². The monoisotopic (exact) mass is 592 g/mol. The molecule has 0 saturated heterocycles. The minimum atomic E-state index is 1.50. The maximum Gasteiger partial charge on any atom is 0.109 e. The maximum atomic E-state index is 3.78. The van der Waals surface area contributed by atoms with Crippen molar-refractivity contribution in [3.8, 4) is 0 Å². The predicted octanol–water partition coefficient (Wildman–Crippen LogP) is 10.2. The van der Waals surface area contributed by atoms with Crippen LogP contribution in [-0.2, 0) is 0 Å². The van der Waals surface area contributed by atoms with Crippen LogP contribution in [0, 0.1) is 0 Å². The number of aliphatic imine (C=N–C) groups is 6. The van der Waals surface area contributed by atoms with Crippen LogP contribution in [-0.4, -0.2) is 71.2 Å². The van der Waals surface area contributed by atoms with Gasteiger partial charge in [-0.1, -0.05) is 48.6 Å². The van der Waals surface area contributed by atoms with Gasteiger partial charge in [-0.15, -0.1) is 23.5 Å². The fourth-order valence-corrected chi connectivity index (χ4v) is 1.65. The third-order valence-corrected chi connectivity index (χ3v) is 3.60. The smallest absolute Gasteiger partial charge is 0.109 e. The molecule has 0 rings (SSSR count). The summed E-state index contributed by atoms with van der Waals surface area (Å²) in [5.74, 6) is 0. The molecule has 0 spiro atoms. The first-order valence-electron chi connectivity index (χ1n) is 12.8. The van der Waals surface area contributed by atoms with E-state index in [9.17, 15) is 0 Å². The van der Waals surface area contributed by atoms with Crippen molar-refractivity contribution in [3.63, 3.8) is 0 Å². The molecule has 40 heavy (non-hydrogen) atoms. The van der Waals surface area contributed by atoms with Crippen molar-refractivity contribution < 1.29 is 0 Å². The molecule has 230 valence electrons. The maximum absolute atomic E-state index is 3.78. The van der Waals surface area contributed by atoms with E-state index in [2.05, 4.69) is 30.0 Å². The number of nitrogens with zero attached hydrogens (tertiary/aromatic N) is 6. The van der Waals surface area contributed by atoms with Crippen LogP contribution in [0.5, 0.6) is 0 Å². The lowest BCUT2D eigenvalue weighted by atomic mass is 10.5. The Morgan fingerprint density at radius 3 is 0.900 bits per heavy atom. The largest absolute Gasteiger partial charge is 0.297 e. The standard InChI is InChI=1S/C6H10.2C5H9N.2C4H8N2.2C4H8S/c1-3-5-6-4-2;1-3-4-5-6-2;1-3-5-6-4-2;2*1-3-6-4-5-2;2*1-3-4-5-2/h3-6H,1-2H3;2*3-5H,1-2H3;2*3-4H,1-2H3;2*3-4H,1-2H3/b5-3-,6-4-;4-3-,6-5?;5-3-,6-4?;;;2*4-3-. The highest BCUT2D eigenvalue weighted by Gasteiger charge is 1.53. The lowest BCUT2D eigenvalue weighted by Gasteiger charge is -1.66. The first-order valence-corrected chi connectivity index (χ1v) is 15.4. The molecular weight excluding hydrogens is 533 g/mol. The number of thioether (sulfide) groups is 2. The quantitative estimate of drug-likeness (QED) is 0.167. The summed E-state index contributed by atoms with van der Waals surface area (Å²) in [6.07, 6.45) is 33.5. The SMILES string of the molecule is C/C=C\C=C/C.C/C=C\C=NC.C/C=C\SC.C/C=C\SC.CC=N/C=C\C.CC=NC=NC.CC=NC=NC. The molecule has 0 heterocycles. The molecule has 0 radical (unpaired) electrons. The summed E-state index contributed by atoms with van der Waals surface area (Å²) in [7, 11) is 5.12. The van der Waals surface area contributed by atoms with Crippen LogP contribution in [0.25, 0.3) is 0 Å². The Balaban J connectivity index is -0.0000000636. The number of allylic oxidation sites excluding steroid dienone is 9. The zero-order valence-electron chi connectivity index (χ0n) is 27.9. The summed E-state index contributed by atoms with van der Waals surface area (Å²) in [6, 6.07) is 0. The second-order valence-electron chi connectivity index (χ2n) is 5.85. The van der Waals surface area contributed by atoms with Crippen molar-refractivity contribution >= 4 is 61.1 Å². The van der Waals surface area contributed by atoms with Gasteiger partial charge in [0.05, 0.1) is 0 Å². The second-order valence-corrected chi connectivity index (χ2v) is 7.33. The predicted molar refractivity (Wildman–Crippen MR) is 202 cm³/mol. The van der Waals surface area contributed by atoms with Crippen molar-refractivity contribution in [2.75, 3.05) is 33.7 Å². The normalized spacial score (nSPS) is 11.2. The van der Waals surface area contributed by atoms with Crippen molar-refractivity contribution in [3.05, 3.63) is 71.7 Å². The highest BCUT2D eigenvalue weighted by atomic mass is 32.2. The molecule has 0 N–H and O–H groups in total. The van der Waals surface area contributed by atoms with Gasteiger partial charge in [0, 0.05) is 52.2 Å². The van der Waals surface area contributed by atoms with Crippen LogP contribution in [0.3, 0.4) is 0 Å². The highest BCUT2D eigenvalue weighted by Crippen LogP contribution is 1.90. The van der Waals surface area contributed by atoms with Gasteiger partial charge in [-0.25, -0.2) is 0 Å². The summed E-state index contributed by atoms with van der Waals surface area (Å²) < 4.78 is 0. The summed E-state index contributed by atoms with van der Waals surface area (Å²) in [5, 5.41) is 4.08. The Bertz CT molecular complexity index is 548. The van der Waals surface area contributed by atoms with Gasteiger partial charge in [0.15, 0.2) is 0 Å². The van der Waals surface area contributed by atoms with Gasteiger partial charge >= 0.3 is 0 Å². The van der Waals surface area contributed by atoms with Gasteiger partial charge < -0.3 is 0 Å². The summed E-state index contributed by atoms with van der Waals surface area (Å²) in [6.45, 7) is 17.5. The molecule has 8 heteroatoms. The van der Waals surface area contributed by atoms with E-state index in [1.807, 2.05) is 140 Å². The van der Waals surface area contributed by atoms with E-state index in [0.717, 1.165) is 0 Å². The van der Waals surface area contributed by atoms with Gasteiger partial charge in [0.1, 0.15) is 12.7 Å². The van der Waals surface area contributed by atoms with E-state index in [4.69, 9.17) is 0 Å². The number of rotatable bonds is 7. The molecule has 0 saturated carbocycles. The molecule has 0 fully saturated rings. The topological polar surface area (TPSA) is 74.2 Å². The summed E-state index contributed by atoms with van der Waals surface area (Å²) in [5.41, 5.74) is 0. The average Bonchev–Trinajstić information content (AvgIpc) is 2.98. The highest BCUT2D eigenvalue weighted by molar-refractivity contribution is 8.01. The molecular formula is C32H60N6S2. The van der Waals surface area contributed by atoms with Gasteiger partial charge in [-0.05, 0) is 91.7 Å². The third-order valence-electron chi connectivity index (χ3n) is 2.51. The molecule has 0 unspecified atom stereocenters. The molecule has 0 bridgehead atoms. The second kappa shape index (κ2) is 83.3. The molecule has 0 aliphatic heterocycles. The first-order chi connectivity index (χ1) is 19.4. The molecule has 0 aromatic carbocycles. The van der Waals surface area contributed by atoms with Crippen molar-refractivity contribution in [1.82, 2.24) is 0 Å². The van der Waals surface area contributed by atoms with Crippen LogP contribution in [0.4, 0.5) is 0 Å². The number of hydrogen-bond donors (Lipinski definition) is 0. The minimum absolute atomic E-state index is 1.50. The van der Waals surface area contributed by atoms with E-state index >= 15 is 0 Å². The Kier molecular flexibility index (Phi) is 111. The molecule has 0 amide bonds. The lowest BCUT2D eigenvalue weighted by molar-refractivity contribution is 1.45. The van der Waals surface area contributed by atoms with Crippen LogP contribution in [0.2, 0.25) is 0 Å². The Morgan fingerprint density at radius 1 is 0.425 bits per heavy atom. The Hall–Kier alpha value is -2.84. The molecule has 0 aliphatic rings. The number of hydrogen-bond acceptors (Lipinski definition) is 6. The summed E-state index contributed by atoms with van der Waals surface area (Å²) >= 11 is 3.44. The van der Waals surface area contributed by atoms with E-state index in [0.29, 0.717) is 0 Å². The van der Waals surface area contributed by atoms with Crippen LogP contribution >= 0.6 is 23.5 Å². The zero-order chi connectivity index (χ0) is 32.4. The van der Waals surface area contributed by atoms with Crippen molar-refractivity contribution in [2.45, 2.75) is 62.3 Å². The molecule has 0 aromatic heterocycles. The van der Waals surface area contributed by atoms with Crippen LogP contribution in [0.1, 0.15) is 62.3 Å². The van der Waals surface area contributed by atoms with E-state index in [1.165, 1.54) is 12.7 Å². The average molecular weight is 593 g/mol. The van der Waals surface area contributed by atoms with Crippen LogP contribution in [0.15, 0.2) is 102 Å². The fourth-order valence-electron chi connectivity index (χ4n) is 1.11. The van der Waals surface area contributed by atoms with E-state index < -0.39 is 0 Å². The van der Waals surface area contributed by atoms with Gasteiger partial charge in [0.25, 0.3) is 0 Å². The fraction of sp³-hybridized carbons (Fsp3) is 0.438. The van der Waals surface area contributed by atoms with Gasteiger partial charge in [0.2, 0.25) is 0 Å². The molecule has 6 nitrogen and oxygen atoms in total. The molecule has 0 aliphatic carbocycles. The minimum Gasteiger partial charge on any atom is -0.297 e. The van der Waals surface area contributed by atoms with Crippen LogP contribution < -0.4 is 0 Å². The summed E-state index contributed by atoms with van der Waals surface area (Å²) in [4.78, 5) is 22.1. The molecule has 0 atom stereocenters. The van der Waals surface area contributed by atoms with Gasteiger partial charge in [-0.2, -0.15) is 0 Å². The Labute approximate surface area is 258 Å². The van der Waals surface area contributed by atoms with E-state index in [-0.39, 0.29) is 0 Å². The van der Waals surface area contributed by atoms with Gasteiger partial charge in [-0.3, -0.25) is 30.0 Å². The van der Waals surface area contributed by atoms with E-state index in [1.54, 1.807) is 75.7 Å². The first kappa shape index (κ1) is 53.4. The van der Waals surface area contributed by atoms with Crippen molar-refractivity contribution in [1.29, 1.82) is 0 Å². The zero-order valence-corrected chi connectivity index (χ0v) is 29.5. The lowest BCUT2D eigenvalue weighted by Crippen LogP contribution is -1.61. The Morgan fingerprint density at radius 2 is 0.800 bits per heavy atom. The molecule has 0 aromatic rings. The third kappa shape index (κ3) is 157.